The average Bonchev–Trinajstić information content (AvgIpc) is 2.79. The molecule has 1 aromatic carbocycles. The smallest absolute Gasteiger partial charge is 0.298 e. The van der Waals surface area contributed by atoms with Gasteiger partial charge in [0.25, 0.3) is 5.69 Å². The Labute approximate surface area is 136 Å². The molecule has 0 N–H and O–H groups in total. The van der Waals surface area contributed by atoms with Crippen LogP contribution in [0.2, 0.25) is 0 Å². The number of likely N-dealkylation sites (tertiary alicyclic amines) is 1. The number of nitro benzene ring substituents is 1. The minimum atomic E-state index is -4.68. The molecule has 132 valence electrons. The third kappa shape index (κ3) is 3.12. The van der Waals surface area contributed by atoms with Gasteiger partial charge in [-0.1, -0.05) is 6.07 Å². The number of sulfone groups is 1. The van der Waals surface area contributed by atoms with Crippen LogP contribution in [0.5, 0.6) is 0 Å². The first kappa shape index (κ1) is 17.2. The van der Waals surface area contributed by atoms with Gasteiger partial charge in [0.15, 0.2) is 9.84 Å². The Hall–Kier alpha value is -1.68. The highest BCUT2D eigenvalue weighted by atomic mass is 32.2. The number of alkyl halides is 3. The second-order valence-electron chi connectivity index (χ2n) is 6.55. The zero-order chi connectivity index (χ0) is 17.8. The SMILES string of the molecule is O=[N+]([O-])c1cccc(C(F)(F)F)c1CN1CCC2(C1)CS(=O)(=O)C2. The molecule has 0 saturated carbocycles. The fourth-order valence-electron chi connectivity index (χ4n) is 3.69. The Kier molecular flexibility index (Phi) is 3.87. The van der Waals surface area contributed by atoms with Crippen molar-refractivity contribution in [1.29, 1.82) is 0 Å². The van der Waals surface area contributed by atoms with Gasteiger partial charge in [0.05, 0.1) is 27.6 Å². The van der Waals surface area contributed by atoms with Crippen molar-refractivity contribution in [2.45, 2.75) is 19.1 Å². The zero-order valence-electron chi connectivity index (χ0n) is 12.5. The highest BCUT2D eigenvalue weighted by molar-refractivity contribution is 7.92. The topological polar surface area (TPSA) is 80.5 Å². The normalized spacial score (nSPS) is 22.5. The summed E-state index contributed by atoms with van der Waals surface area (Å²) in [5.74, 6) is 0.0824. The number of nitro groups is 1. The van der Waals surface area contributed by atoms with E-state index in [9.17, 15) is 31.7 Å². The van der Waals surface area contributed by atoms with Crippen LogP contribution in [0.25, 0.3) is 0 Å². The van der Waals surface area contributed by atoms with Gasteiger partial charge in [-0.05, 0) is 19.0 Å². The Morgan fingerprint density at radius 3 is 2.50 bits per heavy atom. The standard InChI is InChI=1S/C14H15F3N2O4S/c15-14(16,17)11-2-1-3-12(19(20)21)10(11)6-18-5-4-13(7-18)8-24(22,23)9-13/h1-3H,4-9H2. The van der Waals surface area contributed by atoms with Crippen LogP contribution in [0, 0.1) is 15.5 Å². The van der Waals surface area contributed by atoms with E-state index in [-0.39, 0.29) is 23.6 Å². The van der Waals surface area contributed by atoms with Crippen LogP contribution in [0.15, 0.2) is 18.2 Å². The molecule has 0 aliphatic carbocycles. The van der Waals surface area contributed by atoms with Crippen LogP contribution < -0.4 is 0 Å². The van der Waals surface area contributed by atoms with Gasteiger partial charge in [-0.3, -0.25) is 15.0 Å². The molecule has 2 aliphatic heterocycles. The summed E-state index contributed by atoms with van der Waals surface area (Å²) in [7, 11) is -3.04. The van der Waals surface area contributed by atoms with Crippen LogP contribution in [0.3, 0.4) is 0 Å². The number of hydrogen-bond acceptors (Lipinski definition) is 5. The van der Waals surface area contributed by atoms with Crippen molar-refractivity contribution in [2.24, 2.45) is 5.41 Å². The van der Waals surface area contributed by atoms with E-state index in [1.165, 1.54) is 0 Å². The van der Waals surface area contributed by atoms with E-state index >= 15 is 0 Å². The van der Waals surface area contributed by atoms with E-state index in [0.717, 1.165) is 18.2 Å². The molecule has 0 amide bonds. The molecule has 0 aromatic heterocycles. The van der Waals surface area contributed by atoms with E-state index in [0.29, 0.717) is 19.5 Å². The van der Waals surface area contributed by atoms with E-state index in [1.54, 1.807) is 4.90 Å². The number of hydrogen-bond donors (Lipinski definition) is 0. The first-order valence-corrected chi connectivity index (χ1v) is 9.10. The maximum absolute atomic E-state index is 13.2. The summed E-state index contributed by atoms with van der Waals surface area (Å²) in [5, 5.41) is 11.1. The molecule has 2 saturated heterocycles. The number of rotatable bonds is 3. The molecular formula is C14H15F3N2O4S. The lowest BCUT2D eigenvalue weighted by Crippen LogP contribution is -2.50. The average molecular weight is 364 g/mol. The summed E-state index contributed by atoms with van der Waals surface area (Å²) < 4.78 is 62.3. The van der Waals surface area contributed by atoms with Crippen molar-refractivity contribution in [3.05, 3.63) is 39.4 Å². The lowest BCUT2D eigenvalue weighted by Gasteiger charge is -2.37. The largest absolute Gasteiger partial charge is 0.416 e. The molecule has 0 radical (unpaired) electrons. The quantitative estimate of drug-likeness (QED) is 0.607. The lowest BCUT2D eigenvalue weighted by atomic mass is 9.91. The van der Waals surface area contributed by atoms with Crippen molar-refractivity contribution >= 4 is 15.5 Å². The molecule has 1 aromatic rings. The highest BCUT2D eigenvalue weighted by Crippen LogP contribution is 2.43. The lowest BCUT2D eigenvalue weighted by molar-refractivity contribution is -0.386. The summed E-state index contributed by atoms with van der Waals surface area (Å²) >= 11 is 0. The molecule has 0 bridgehead atoms. The molecule has 0 atom stereocenters. The summed E-state index contributed by atoms with van der Waals surface area (Å²) in [5.41, 5.74) is -2.35. The van der Waals surface area contributed by atoms with E-state index in [4.69, 9.17) is 0 Å². The second-order valence-corrected chi connectivity index (χ2v) is 8.62. The van der Waals surface area contributed by atoms with Crippen LogP contribution in [0.1, 0.15) is 17.5 Å². The van der Waals surface area contributed by atoms with Crippen LogP contribution in [-0.2, 0) is 22.6 Å². The van der Waals surface area contributed by atoms with Crippen LogP contribution in [-0.4, -0.2) is 42.8 Å². The Morgan fingerprint density at radius 1 is 1.29 bits per heavy atom. The van der Waals surface area contributed by atoms with Crippen LogP contribution in [0.4, 0.5) is 18.9 Å². The molecule has 0 unspecified atom stereocenters. The summed E-state index contributed by atoms with van der Waals surface area (Å²) in [4.78, 5) is 12.0. The van der Waals surface area contributed by atoms with Crippen LogP contribution >= 0.6 is 0 Å². The van der Waals surface area contributed by atoms with Gasteiger partial charge in [-0.25, -0.2) is 8.42 Å². The van der Waals surface area contributed by atoms with E-state index < -0.39 is 37.6 Å². The maximum Gasteiger partial charge on any atom is 0.416 e. The fraction of sp³-hybridized carbons (Fsp3) is 0.571. The van der Waals surface area contributed by atoms with Gasteiger partial charge in [-0.2, -0.15) is 13.2 Å². The minimum Gasteiger partial charge on any atom is -0.298 e. The first-order valence-electron chi connectivity index (χ1n) is 7.28. The summed E-state index contributed by atoms with van der Waals surface area (Å²) in [6.45, 7) is 0.558. The van der Waals surface area contributed by atoms with Gasteiger partial charge in [0.2, 0.25) is 0 Å². The summed E-state index contributed by atoms with van der Waals surface area (Å²) in [6, 6.07) is 2.92. The van der Waals surface area contributed by atoms with Crippen molar-refractivity contribution in [3.8, 4) is 0 Å². The predicted molar refractivity (Wildman–Crippen MR) is 79.1 cm³/mol. The van der Waals surface area contributed by atoms with Gasteiger partial charge < -0.3 is 0 Å². The van der Waals surface area contributed by atoms with Gasteiger partial charge in [0, 0.05) is 24.6 Å². The van der Waals surface area contributed by atoms with Gasteiger partial charge >= 0.3 is 6.18 Å². The fourth-order valence-corrected chi connectivity index (χ4v) is 5.94. The molecule has 10 heteroatoms. The number of nitrogens with zero attached hydrogens (tertiary/aromatic N) is 2. The third-order valence-corrected chi connectivity index (χ3v) is 6.71. The van der Waals surface area contributed by atoms with E-state index in [1.807, 2.05) is 0 Å². The highest BCUT2D eigenvalue weighted by Gasteiger charge is 2.52. The maximum atomic E-state index is 13.2. The van der Waals surface area contributed by atoms with Crippen molar-refractivity contribution < 1.29 is 26.5 Å². The molecule has 2 aliphatic rings. The molecular weight excluding hydrogens is 349 g/mol. The first-order chi connectivity index (χ1) is 11.0. The predicted octanol–water partition coefficient (Wildman–Crippen LogP) is 2.23. The third-order valence-electron chi connectivity index (χ3n) is 4.60. The Morgan fingerprint density at radius 2 is 1.96 bits per heavy atom. The Balaban J connectivity index is 1.86. The monoisotopic (exact) mass is 364 g/mol. The second kappa shape index (κ2) is 5.41. The minimum absolute atomic E-state index is 0.0412. The molecule has 1 spiro atoms. The van der Waals surface area contributed by atoms with Crippen molar-refractivity contribution in [3.63, 3.8) is 0 Å². The number of halogens is 3. The zero-order valence-corrected chi connectivity index (χ0v) is 13.4. The molecule has 3 rings (SSSR count). The molecule has 2 heterocycles. The van der Waals surface area contributed by atoms with Gasteiger partial charge in [0.1, 0.15) is 0 Å². The molecule has 6 nitrogen and oxygen atoms in total. The van der Waals surface area contributed by atoms with Crippen molar-refractivity contribution in [2.75, 3.05) is 24.6 Å². The summed E-state index contributed by atoms with van der Waals surface area (Å²) in [6.07, 6.45) is -4.10. The van der Waals surface area contributed by atoms with Crippen molar-refractivity contribution in [1.82, 2.24) is 4.90 Å². The Bertz CT molecular complexity index is 780. The molecule has 24 heavy (non-hydrogen) atoms. The van der Waals surface area contributed by atoms with E-state index in [2.05, 4.69) is 0 Å². The van der Waals surface area contributed by atoms with Gasteiger partial charge in [-0.15, -0.1) is 0 Å². The molecule has 2 fully saturated rings. The number of benzene rings is 1.